The summed E-state index contributed by atoms with van der Waals surface area (Å²) in [5, 5.41) is 5.73. The molecule has 1 atom stereocenters. The predicted molar refractivity (Wildman–Crippen MR) is 98.1 cm³/mol. The van der Waals surface area contributed by atoms with Crippen LogP contribution >= 0.6 is 0 Å². The summed E-state index contributed by atoms with van der Waals surface area (Å²) >= 11 is 0. The van der Waals surface area contributed by atoms with Crippen LogP contribution in [0.4, 0.5) is 11.4 Å². The Labute approximate surface area is 143 Å². The molecule has 2 aromatic carbocycles. The molecule has 24 heavy (non-hydrogen) atoms. The molecule has 0 fully saturated rings. The fraction of sp³-hybridized carbons (Fsp3) is 0.300. The molecule has 0 aliphatic heterocycles. The lowest BCUT2D eigenvalue weighted by Gasteiger charge is -2.13. The van der Waals surface area contributed by atoms with Crippen molar-refractivity contribution in [1.82, 2.24) is 0 Å². The van der Waals surface area contributed by atoms with E-state index in [2.05, 4.69) is 10.6 Å². The van der Waals surface area contributed by atoms with Gasteiger partial charge in [0.25, 0.3) is 0 Å². The highest BCUT2D eigenvalue weighted by Crippen LogP contribution is 2.20. The van der Waals surface area contributed by atoms with Crippen molar-refractivity contribution < 1.29 is 9.59 Å². The summed E-state index contributed by atoms with van der Waals surface area (Å²) < 4.78 is 0. The van der Waals surface area contributed by atoms with E-state index >= 15 is 0 Å². The Balaban J connectivity index is 1.93. The quantitative estimate of drug-likeness (QED) is 0.784. The summed E-state index contributed by atoms with van der Waals surface area (Å²) in [6.45, 7) is 4.00. The van der Waals surface area contributed by atoms with E-state index in [1.807, 2.05) is 62.4 Å². The van der Waals surface area contributed by atoms with Gasteiger partial charge in [-0.15, -0.1) is 0 Å². The first kappa shape index (κ1) is 17.7. The smallest absolute Gasteiger partial charge is 0.224 e. The van der Waals surface area contributed by atoms with Gasteiger partial charge in [0.15, 0.2) is 0 Å². The van der Waals surface area contributed by atoms with Crippen LogP contribution in [0.25, 0.3) is 0 Å². The molecular formula is C20H24N2O2. The molecule has 2 amide bonds. The zero-order valence-corrected chi connectivity index (χ0v) is 14.2. The van der Waals surface area contributed by atoms with Crippen LogP contribution in [0.5, 0.6) is 0 Å². The lowest BCUT2D eigenvalue weighted by Crippen LogP contribution is -2.15. The number of carbonyl (C=O) groups excluding carboxylic acids is 2. The Hall–Kier alpha value is -2.62. The highest BCUT2D eigenvalue weighted by Gasteiger charge is 2.11. The van der Waals surface area contributed by atoms with Crippen LogP contribution in [-0.2, 0) is 9.59 Å². The maximum absolute atomic E-state index is 12.2. The number of amides is 2. The second kappa shape index (κ2) is 8.87. The third-order valence-electron chi connectivity index (χ3n) is 3.77. The molecule has 4 nitrogen and oxygen atoms in total. The molecule has 2 rings (SSSR count). The first-order valence-corrected chi connectivity index (χ1v) is 8.33. The molecule has 0 saturated heterocycles. The average Bonchev–Trinajstić information content (AvgIpc) is 2.56. The van der Waals surface area contributed by atoms with E-state index < -0.39 is 0 Å². The van der Waals surface area contributed by atoms with Gasteiger partial charge in [-0.2, -0.15) is 0 Å². The van der Waals surface area contributed by atoms with Crippen LogP contribution in [0, 0.1) is 0 Å². The Morgan fingerprint density at radius 3 is 2.17 bits per heavy atom. The predicted octanol–water partition coefficient (Wildman–Crippen LogP) is 4.56. The van der Waals surface area contributed by atoms with Gasteiger partial charge in [-0.25, -0.2) is 0 Å². The SMILES string of the molecule is CCCC(=O)Nc1cccc(NC(=O)CC(C)c2ccccc2)c1. The van der Waals surface area contributed by atoms with E-state index in [1.165, 1.54) is 0 Å². The molecule has 4 heteroatoms. The highest BCUT2D eigenvalue weighted by molar-refractivity contribution is 5.94. The van der Waals surface area contributed by atoms with Crippen molar-refractivity contribution in [3.63, 3.8) is 0 Å². The first-order valence-electron chi connectivity index (χ1n) is 8.33. The summed E-state index contributed by atoms with van der Waals surface area (Å²) in [5.74, 6) is 0.0979. The summed E-state index contributed by atoms with van der Waals surface area (Å²) in [4.78, 5) is 23.9. The number of rotatable bonds is 7. The molecule has 0 aliphatic rings. The van der Waals surface area contributed by atoms with Gasteiger partial charge in [0.05, 0.1) is 0 Å². The minimum Gasteiger partial charge on any atom is -0.326 e. The summed E-state index contributed by atoms with van der Waals surface area (Å²) in [7, 11) is 0. The maximum atomic E-state index is 12.2. The average molecular weight is 324 g/mol. The number of hydrogen-bond donors (Lipinski definition) is 2. The topological polar surface area (TPSA) is 58.2 Å². The van der Waals surface area contributed by atoms with Crippen molar-refractivity contribution >= 4 is 23.2 Å². The third-order valence-corrected chi connectivity index (χ3v) is 3.77. The van der Waals surface area contributed by atoms with Crippen LogP contribution in [0.1, 0.15) is 44.6 Å². The Kier molecular flexibility index (Phi) is 6.55. The fourth-order valence-electron chi connectivity index (χ4n) is 2.51. The normalized spacial score (nSPS) is 11.6. The lowest BCUT2D eigenvalue weighted by molar-refractivity contribution is -0.117. The number of benzene rings is 2. The monoisotopic (exact) mass is 324 g/mol. The molecule has 0 radical (unpaired) electrons. The van der Waals surface area contributed by atoms with E-state index in [0.717, 1.165) is 12.0 Å². The van der Waals surface area contributed by atoms with Gasteiger partial charge in [-0.3, -0.25) is 9.59 Å². The number of anilines is 2. The van der Waals surface area contributed by atoms with E-state index in [4.69, 9.17) is 0 Å². The largest absolute Gasteiger partial charge is 0.326 e. The third kappa shape index (κ3) is 5.54. The van der Waals surface area contributed by atoms with E-state index in [1.54, 1.807) is 6.07 Å². The fourth-order valence-corrected chi connectivity index (χ4v) is 2.51. The second-order valence-corrected chi connectivity index (χ2v) is 5.94. The standard InChI is InChI=1S/C20H24N2O2/c1-3-8-19(23)21-17-11-7-12-18(14-17)22-20(24)13-15(2)16-9-5-4-6-10-16/h4-7,9-12,14-15H,3,8,13H2,1-2H3,(H,21,23)(H,22,24). The van der Waals surface area contributed by atoms with E-state index in [9.17, 15) is 9.59 Å². The summed E-state index contributed by atoms with van der Waals surface area (Å²) in [6.07, 6.45) is 1.71. The molecule has 126 valence electrons. The van der Waals surface area contributed by atoms with Crippen LogP contribution < -0.4 is 10.6 Å². The zero-order valence-electron chi connectivity index (χ0n) is 14.2. The van der Waals surface area contributed by atoms with Gasteiger partial charge in [-0.1, -0.05) is 50.2 Å². The number of carbonyl (C=O) groups is 2. The van der Waals surface area contributed by atoms with Crippen molar-refractivity contribution in [3.8, 4) is 0 Å². The molecule has 0 spiro atoms. The number of nitrogens with one attached hydrogen (secondary N) is 2. The molecule has 0 saturated carbocycles. The second-order valence-electron chi connectivity index (χ2n) is 5.94. The van der Waals surface area contributed by atoms with Crippen molar-refractivity contribution in [2.45, 2.75) is 39.0 Å². The molecule has 0 aliphatic carbocycles. The van der Waals surface area contributed by atoms with Gasteiger partial charge in [0.1, 0.15) is 0 Å². The first-order chi connectivity index (χ1) is 11.6. The van der Waals surface area contributed by atoms with Crippen molar-refractivity contribution in [3.05, 3.63) is 60.2 Å². The zero-order chi connectivity index (χ0) is 17.4. The van der Waals surface area contributed by atoms with Crippen LogP contribution in [0.2, 0.25) is 0 Å². The maximum Gasteiger partial charge on any atom is 0.224 e. The van der Waals surface area contributed by atoms with E-state index in [0.29, 0.717) is 24.2 Å². The Bertz CT molecular complexity index is 683. The van der Waals surface area contributed by atoms with Crippen molar-refractivity contribution in [1.29, 1.82) is 0 Å². The van der Waals surface area contributed by atoms with Gasteiger partial charge in [0, 0.05) is 24.2 Å². The van der Waals surface area contributed by atoms with Crippen LogP contribution in [0.3, 0.4) is 0 Å². The Morgan fingerprint density at radius 1 is 0.917 bits per heavy atom. The van der Waals surface area contributed by atoms with Crippen molar-refractivity contribution in [2.75, 3.05) is 10.6 Å². The van der Waals surface area contributed by atoms with Gasteiger partial charge in [0.2, 0.25) is 11.8 Å². The molecular weight excluding hydrogens is 300 g/mol. The van der Waals surface area contributed by atoms with Crippen LogP contribution in [-0.4, -0.2) is 11.8 Å². The highest BCUT2D eigenvalue weighted by atomic mass is 16.2. The van der Waals surface area contributed by atoms with Crippen LogP contribution in [0.15, 0.2) is 54.6 Å². The molecule has 2 aromatic rings. The Morgan fingerprint density at radius 2 is 1.54 bits per heavy atom. The molecule has 0 bridgehead atoms. The van der Waals surface area contributed by atoms with Gasteiger partial charge < -0.3 is 10.6 Å². The van der Waals surface area contributed by atoms with Gasteiger partial charge in [-0.05, 0) is 36.1 Å². The van der Waals surface area contributed by atoms with Crippen molar-refractivity contribution in [2.24, 2.45) is 0 Å². The molecule has 0 aromatic heterocycles. The van der Waals surface area contributed by atoms with Gasteiger partial charge >= 0.3 is 0 Å². The van der Waals surface area contributed by atoms with E-state index in [-0.39, 0.29) is 17.7 Å². The summed E-state index contributed by atoms with van der Waals surface area (Å²) in [5.41, 5.74) is 2.53. The molecule has 2 N–H and O–H groups in total. The minimum absolute atomic E-state index is 0.0151. The number of hydrogen-bond acceptors (Lipinski definition) is 2. The molecule has 0 heterocycles. The minimum atomic E-state index is -0.0385. The lowest BCUT2D eigenvalue weighted by atomic mass is 9.97. The molecule has 1 unspecified atom stereocenters. The summed E-state index contributed by atoms with van der Waals surface area (Å²) in [6, 6.07) is 17.2.